The van der Waals surface area contributed by atoms with Gasteiger partial charge in [0.1, 0.15) is 5.54 Å². The van der Waals surface area contributed by atoms with E-state index in [1.165, 1.54) is 44.9 Å². The average molecular weight is 220 g/mol. The number of nitriles is 1. The van der Waals surface area contributed by atoms with E-state index < -0.39 is 0 Å². The number of likely N-dealkylation sites (tertiary alicyclic amines) is 1. The first-order chi connectivity index (χ1) is 7.83. The minimum absolute atomic E-state index is 0.0981. The summed E-state index contributed by atoms with van der Waals surface area (Å²) in [4.78, 5) is 2.53. The van der Waals surface area contributed by atoms with Crippen molar-refractivity contribution in [2.75, 3.05) is 13.1 Å². The third kappa shape index (κ3) is 1.98. The van der Waals surface area contributed by atoms with Crippen LogP contribution in [0.2, 0.25) is 0 Å². The largest absolute Gasteiger partial charge is 0.285 e. The summed E-state index contributed by atoms with van der Waals surface area (Å²) in [5.41, 5.74) is -0.0981. The Kier molecular flexibility index (Phi) is 3.86. The molecule has 16 heavy (non-hydrogen) atoms. The Morgan fingerprint density at radius 1 is 1.19 bits per heavy atom. The highest BCUT2D eigenvalue weighted by molar-refractivity contribution is 5.15. The summed E-state index contributed by atoms with van der Waals surface area (Å²) in [5.74, 6) is 0.621. The first kappa shape index (κ1) is 11.9. The van der Waals surface area contributed by atoms with Crippen LogP contribution in [-0.2, 0) is 0 Å². The van der Waals surface area contributed by atoms with Gasteiger partial charge in [-0.25, -0.2) is 0 Å². The lowest BCUT2D eigenvalue weighted by atomic mass is 9.84. The number of hydrogen-bond acceptors (Lipinski definition) is 2. The van der Waals surface area contributed by atoms with Crippen molar-refractivity contribution in [3.63, 3.8) is 0 Å². The van der Waals surface area contributed by atoms with Crippen LogP contribution in [0.5, 0.6) is 0 Å². The maximum Gasteiger partial charge on any atom is 0.112 e. The predicted molar refractivity (Wildman–Crippen MR) is 66.0 cm³/mol. The van der Waals surface area contributed by atoms with Gasteiger partial charge in [0, 0.05) is 0 Å². The van der Waals surface area contributed by atoms with Crippen LogP contribution in [0.3, 0.4) is 0 Å². The van der Waals surface area contributed by atoms with Gasteiger partial charge in [-0.15, -0.1) is 0 Å². The van der Waals surface area contributed by atoms with Gasteiger partial charge < -0.3 is 0 Å². The fourth-order valence-electron chi connectivity index (χ4n) is 3.71. The minimum atomic E-state index is -0.0981. The molecule has 2 atom stereocenters. The normalized spacial score (nSPS) is 36.9. The fraction of sp³-hybridized carbons (Fsp3) is 0.929. The van der Waals surface area contributed by atoms with E-state index in [0.29, 0.717) is 5.92 Å². The molecule has 0 amide bonds. The second kappa shape index (κ2) is 5.19. The molecule has 1 saturated carbocycles. The monoisotopic (exact) mass is 220 g/mol. The lowest BCUT2D eigenvalue weighted by Crippen LogP contribution is -2.50. The topological polar surface area (TPSA) is 27.0 Å². The van der Waals surface area contributed by atoms with Crippen LogP contribution in [0.1, 0.15) is 58.3 Å². The second-order valence-corrected chi connectivity index (χ2v) is 5.43. The molecule has 2 unspecified atom stereocenters. The van der Waals surface area contributed by atoms with Gasteiger partial charge in [0.2, 0.25) is 0 Å². The third-order valence-electron chi connectivity index (χ3n) is 4.64. The van der Waals surface area contributed by atoms with Crippen molar-refractivity contribution in [1.82, 2.24) is 4.90 Å². The SMILES string of the molecule is CCC1CCCC1(C#N)N1CCCCCC1. The quantitative estimate of drug-likeness (QED) is 0.713. The van der Waals surface area contributed by atoms with Gasteiger partial charge in [0.25, 0.3) is 0 Å². The molecular formula is C14H24N2. The summed E-state index contributed by atoms with van der Waals surface area (Å²) in [5, 5.41) is 9.67. The van der Waals surface area contributed by atoms with E-state index >= 15 is 0 Å². The Morgan fingerprint density at radius 2 is 1.88 bits per heavy atom. The minimum Gasteiger partial charge on any atom is -0.285 e. The molecule has 90 valence electrons. The highest BCUT2D eigenvalue weighted by Gasteiger charge is 2.46. The van der Waals surface area contributed by atoms with Crippen LogP contribution in [0.15, 0.2) is 0 Å². The molecule has 2 fully saturated rings. The zero-order valence-corrected chi connectivity index (χ0v) is 10.5. The summed E-state index contributed by atoms with van der Waals surface area (Å²) in [6.07, 6.45) is 10.1. The Labute approximate surface area is 99.6 Å². The Hall–Kier alpha value is -0.550. The van der Waals surface area contributed by atoms with Crippen molar-refractivity contribution in [3.8, 4) is 6.07 Å². The Bertz CT molecular complexity index is 260. The molecule has 2 nitrogen and oxygen atoms in total. The van der Waals surface area contributed by atoms with E-state index in [9.17, 15) is 5.26 Å². The van der Waals surface area contributed by atoms with Gasteiger partial charge in [-0.05, 0) is 44.7 Å². The van der Waals surface area contributed by atoms with Gasteiger partial charge in [0.15, 0.2) is 0 Å². The first-order valence-electron chi connectivity index (χ1n) is 7.00. The fourth-order valence-corrected chi connectivity index (χ4v) is 3.71. The third-order valence-corrected chi connectivity index (χ3v) is 4.64. The summed E-state index contributed by atoms with van der Waals surface area (Å²) in [6.45, 7) is 4.56. The summed E-state index contributed by atoms with van der Waals surface area (Å²) >= 11 is 0. The molecule has 1 heterocycles. The zero-order chi connectivity index (χ0) is 11.4. The number of rotatable bonds is 2. The molecule has 0 aromatic rings. The molecule has 0 spiro atoms. The lowest BCUT2D eigenvalue weighted by molar-refractivity contribution is 0.101. The Balaban J connectivity index is 2.16. The van der Waals surface area contributed by atoms with E-state index in [1.807, 2.05) is 0 Å². The van der Waals surface area contributed by atoms with E-state index in [1.54, 1.807) is 0 Å². The van der Waals surface area contributed by atoms with Crippen LogP contribution in [0.4, 0.5) is 0 Å². The van der Waals surface area contributed by atoms with Crippen LogP contribution in [-0.4, -0.2) is 23.5 Å². The van der Waals surface area contributed by atoms with E-state index in [2.05, 4.69) is 17.9 Å². The van der Waals surface area contributed by atoms with Crippen LogP contribution < -0.4 is 0 Å². The van der Waals surface area contributed by atoms with Gasteiger partial charge >= 0.3 is 0 Å². The van der Waals surface area contributed by atoms with Gasteiger partial charge in [0.05, 0.1) is 6.07 Å². The Morgan fingerprint density at radius 3 is 2.44 bits per heavy atom. The summed E-state index contributed by atoms with van der Waals surface area (Å²) in [7, 11) is 0. The molecule has 1 saturated heterocycles. The lowest BCUT2D eigenvalue weighted by Gasteiger charge is -2.39. The molecule has 0 aromatic carbocycles. The number of nitrogens with zero attached hydrogens (tertiary/aromatic N) is 2. The molecule has 0 aromatic heterocycles. The molecule has 1 aliphatic carbocycles. The second-order valence-electron chi connectivity index (χ2n) is 5.43. The van der Waals surface area contributed by atoms with E-state index in [4.69, 9.17) is 0 Å². The molecule has 0 bridgehead atoms. The molecule has 2 heteroatoms. The van der Waals surface area contributed by atoms with Crippen molar-refractivity contribution in [3.05, 3.63) is 0 Å². The summed E-state index contributed by atoms with van der Waals surface area (Å²) < 4.78 is 0. The van der Waals surface area contributed by atoms with Gasteiger partial charge in [-0.1, -0.05) is 32.6 Å². The van der Waals surface area contributed by atoms with Gasteiger partial charge in [-0.2, -0.15) is 5.26 Å². The highest BCUT2D eigenvalue weighted by atomic mass is 15.2. The molecular weight excluding hydrogens is 196 g/mol. The van der Waals surface area contributed by atoms with Crippen molar-refractivity contribution in [2.24, 2.45) is 5.92 Å². The van der Waals surface area contributed by atoms with Crippen LogP contribution >= 0.6 is 0 Å². The zero-order valence-electron chi connectivity index (χ0n) is 10.5. The van der Waals surface area contributed by atoms with E-state index in [-0.39, 0.29) is 5.54 Å². The number of hydrogen-bond donors (Lipinski definition) is 0. The predicted octanol–water partition coefficient (Wildman–Crippen LogP) is 3.33. The van der Waals surface area contributed by atoms with Crippen molar-refractivity contribution < 1.29 is 0 Å². The standard InChI is InChI=1S/C14H24N2/c1-2-13-8-7-9-14(13,12-15)16-10-5-3-4-6-11-16/h13H,2-11H2,1H3. The first-order valence-corrected chi connectivity index (χ1v) is 7.00. The molecule has 0 radical (unpaired) electrons. The summed E-state index contributed by atoms with van der Waals surface area (Å²) in [6, 6.07) is 2.70. The van der Waals surface area contributed by atoms with Crippen molar-refractivity contribution >= 4 is 0 Å². The maximum absolute atomic E-state index is 9.67. The van der Waals surface area contributed by atoms with Crippen molar-refractivity contribution in [2.45, 2.75) is 63.8 Å². The molecule has 2 aliphatic rings. The van der Waals surface area contributed by atoms with Gasteiger partial charge in [-0.3, -0.25) is 4.90 Å². The smallest absolute Gasteiger partial charge is 0.112 e. The van der Waals surface area contributed by atoms with E-state index in [0.717, 1.165) is 19.5 Å². The molecule has 0 N–H and O–H groups in total. The molecule has 2 rings (SSSR count). The van der Waals surface area contributed by atoms with Crippen LogP contribution in [0, 0.1) is 17.2 Å². The highest BCUT2D eigenvalue weighted by Crippen LogP contribution is 2.42. The average Bonchev–Trinajstić information content (AvgIpc) is 2.55. The molecule has 1 aliphatic heterocycles. The van der Waals surface area contributed by atoms with Crippen molar-refractivity contribution in [1.29, 1.82) is 5.26 Å². The van der Waals surface area contributed by atoms with Crippen LogP contribution in [0.25, 0.3) is 0 Å². The maximum atomic E-state index is 9.67.